The maximum Gasteiger partial charge on any atom is 0.243 e. The minimum Gasteiger partial charge on any atom is -0.207 e. The van der Waals surface area contributed by atoms with Crippen molar-refractivity contribution < 1.29 is 17.2 Å². The van der Waals surface area contributed by atoms with Crippen molar-refractivity contribution in [3.63, 3.8) is 0 Å². The molecule has 1 aromatic carbocycles. The molecule has 0 spiro atoms. The van der Waals surface area contributed by atoms with E-state index in [9.17, 15) is 17.2 Å². The molecule has 0 unspecified atom stereocenters. The smallest absolute Gasteiger partial charge is 0.207 e. The summed E-state index contributed by atoms with van der Waals surface area (Å²) in [5.74, 6) is -2.21. The van der Waals surface area contributed by atoms with Crippen LogP contribution in [0.5, 0.6) is 0 Å². The topological polar surface area (TPSA) is 37.4 Å². The Labute approximate surface area is 110 Å². The molecule has 0 saturated carbocycles. The van der Waals surface area contributed by atoms with Crippen molar-refractivity contribution in [2.45, 2.75) is 24.3 Å². The van der Waals surface area contributed by atoms with E-state index < -0.39 is 27.2 Å². The van der Waals surface area contributed by atoms with Crippen LogP contribution in [-0.4, -0.2) is 31.2 Å². The molecule has 0 N–H and O–H groups in total. The van der Waals surface area contributed by atoms with Crippen LogP contribution in [0.25, 0.3) is 0 Å². The Hall–Kier alpha value is -0.720. The van der Waals surface area contributed by atoms with E-state index in [0.29, 0.717) is 6.07 Å². The van der Waals surface area contributed by atoms with E-state index in [0.717, 1.165) is 16.4 Å². The summed E-state index contributed by atoms with van der Waals surface area (Å²) in [6.45, 7) is 3.27. The van der Waals surface area contributed by atoms with Gasteiger partial charge in [-0.3, -0.25) is 0 Å². The lowest BCUT2D eigenvalue weighted by atomic mass is 10.1. The first-order valence-electron chi connectivity index (χ1n) is 5.13. The van der Waals surface area contributed by atoms with Gasteiger partial charge in [0, 0.05) is 18.5 Å². The largest absolute Gasteiger partial charge is 0.243 e. The van der Waals surface area contributed by atoms with E-state index in [4.69, 9.17) is 11.6 Å². The molecule has 1 rings (SSSR count). The SMILES string of the molecule is CN(C(C)(C)CCl)S(=O)(=O)c1ccc(F)c(F)c1. The summed E-state index contributed by atoms with van der Waals surface area (Å²) in [5, 5.41) is 0. The molecule has 0 amide bonds. The normalized spacial score (nSPS) is 13.1. The van der Waals surface area contributed by atoms with Crippen molar-refractivity contribution in [2.75, 3.05) is 12.9 Å². The number of rotatable bonds is 4. The summed E-state index contributed by atoms with van der Waals surface area (Å²) in [6, 6.07) is 2.46. The predicted molar refractivity (Wildman–Crippen MR) is 66.1 cm³/mol. The van der Waals surface area contributed by atoms with E-state index in [1.165, 1.54) is 7.05 Å². The fraction of sp³-hybridized carbons (Fsp3) is 0.455. The van der Waals surface area contributed by atoms with Gasteiger partial charge in [-0.05, 0) is 32.0 Å². The minimum absolute atomic E-state index is 0.0758. The lowest BCUT2D eigenvalue weighted by molar-refractivity contribution is 0.295. The molecule has 7 heteroatoms. The number of alkyl halides is 1. The maximum atomic E-state index is 13.1. The van der Waals surface area contributed by atoms with Crippen LogP contribution in [-0.2, 0) is 10.0 Å². The molecule has 0 saturated heterocycles. The van der Waals surface area contributed by atoms with E-state index >= 15 is 0 Å². The van der Waals surface area contributed by atoms with Crippen LogP contribution < -0.4 is 0 Å². The summed E-state index contributed by atoms with van der Waals surface area (Å²) in [4.78, 5) is -0.304. The zero-order chi connectivity index (χ0) is 14.1. The summed E-state index contributed by atoms with van der Waals surface area (Å²) in [7, 11) is -2.56. The number of sulfonamides is 1. The highest BCUT2D eigenvalue weighted by Gasteiger charge is 2.33. The van der Waals surface area contributed by atoms with Crippen molar-refractivity contribution in [1.82, 2.24) is 4.31 Å². The van der Waals surface area contributed by atoms with Crippen LogP contribution in [0.3, 0.4) is 0 Å². The molecule has 1 aromatic rings. The van der Waals surface area contributed by atoms with Crippen molar-refractivity contribution in [1.29, 1.82) is 0 Å². The predicted octanol–water partition coefficient (Wildman–Crippen LogP) is 2.60. The number of benzene rings is 1. The quantitative estimate of drug-likeness (QED) is 0.801. The molecule has 0 aliphatic rings. The Bertz CT molecular complexity index is 546. The fourth-order valence-electron chi connectivity index (χ4n) is 1.20. The average Bonchev–Trinajstić information content (AvgIpc) is 2.31. The molecule has 0 heterocycles. The molecule has 0 bridgehead atoms. The Morgan fingerprint density at radius 2 is 1.83 bits per heavy atom. The first kappa shape index (κ1) is 15.3. The Morgan fingerprint density at radius 1 is 1.28 bits per heavy atom. The first-order valence-corrected chi connectivity index (χ1v) is 7.10. The molecule has 0 atom stereocenters. The second kappa shape index (κ2) is 5.11. The van der Waals surface area contributed by atoms with Crippen molar-refractivity contribution >= 4 is 21.6 Å². The summed E-state index contributed by atoms with van der Waals surface area (Å²) < 4.78 is 51.3. The van der Waals surface area contributed by atoms with E-state index in [2.05, 4.69) is 0 Å². The standard InChI is InChI=1S/C11H14ClF2NO2S/c1-11(2,7-12)15(3)18(16,17)8-4-5-9(13)10(14)6-8/h4-6H,7H2,1-3H3. The number of hydrogen-bond donors (Lipinski definition) is 0. The number of hydrogen-bond acceptors (Lipinski definition) is 2. The van der Waals surface area contributed by atoms with Gasteiger partial charge in [0.05, 0.1) is 4.90 Å². The second-order valence-corrected chi connectivity index (χ2v) is 6.73. The molecule has 102 valence electrons. The monoisotopic (exact) mass is 297 g/mol. The van der Waals surface area contributed by atoms with E-state index in [1.54, 1.807) is 13.8 Å². The molecule has 3 nitrogen and oxygen atoms in total. The maximum absolute atomic E-state index is 13.1. The molecule has 0 aliphatic carbocycles. The van der Waals surface area contributed by atoms with Crippen LogP contribution >= 0.6 is 11.6 Å². The fourth-order valence-corrected chi connectivity index (χ4v) is 2.98. The van der Waals surface area contributed by atoms with Gasteiger partial charge >= 0.3 is 0 Å². The highest BCUT2D eigenvalue weighted by molar-refractivity contribution is 7.89. The molecule has 0 radical (unpaired) electrons. The van der Waals surface area contributed by atoms with Gasteiger partial charge in [0.2, 0.25) is 10.0 Å². The molecule has 0 fully saturated rings. The Balaban J connectivity index is 3.26. The number of nitrogens with zero attached hydrogens (tertiary/aromatic N) is 1. The van der Waals surface area contributed by atoms with E-state index in [-0.39, 0.29) is 10.8 Å². The summed E-state index contributed by atoms with van der Waals surface area (Å²) in [6.07, 6.45) is 0. The lowest BCUT2D eigenvalue weighted by Crippen LogP contribution is -2.46. The third kappa shape index (κ3) is 2.81. The molecule has 0 aliphatic heterocycles. The third-order valence-electron chi connectivity index (χ3n) is 2.73. The van der Waals surface area contributed by atoms with Gasteiger partial charge in [-0.2, -0.15) is 4.31 Å². The van der Waals surface area contributed by atoms with Gasteiger partial charge in [-0.1, -0.05) is 0 Å². The van der Waals surface area contributed by atoms with E-state index in [1.807, 2.05) is 0 Å². The van der Waals surface area contributed by atoms with Gasteiger partial charge in [-0.25, -0.2) is 17.2 Å². The molecule has 0 aromatic heterocycles. The molecule has 18 heavy (non-hydrogen) atoms. The highest BCUT2D eigenvalue weighted by atomic mass is 35.5. The van der Waals surface area contributed by atoms with Crippen LogP contribution in [0.2, 0.25) is 0 Å². The van der Waals surface area contributed by atoms with Gasteiger partial charge in [0.1, 0.15) is 0 Å². The molecular weight excluding hydrogens is 284 g/mol. The zero-order valence-electron chi connectivity index (χ0n) is 10.2. The Morgan fingerprint density at radius 3 is 2.28 bits per heavy atom. The van der Waals surface area contributed by atoms with Gasteiger partial charge in [0.25, 0.3) is 0 Å². The summed E-state index contributed by atoms with van der Waals surface area (Å²) >= 11 is 5.70. The number of halogens is 3. The van der Waals surface area contributed by atoms with Crippen molar-refractivity contribution in [3.05, 3.63) is 29.8 Å². The van der Waals surface area contributed by atoms with Crippen LogP contribution in [0.1, 0.15) is 13.8 Å². The van der Waals surface area contributed by atoms with Gasteiger partial charge < -0.3 is 0 Å². The van der Waals surface area contributed by atoms with Gasteiger partial charge in [-0.15, -0.1) is 11.6 Å². The van der Waals surface area contributed by atoms with Crippen molar-refractivity contribution in [2.24, 2.45) is 0 Å². The van der Waals surface area contributed by atoms with Crippen molar-refractivity contribution in [3.8, 4) is 0 Å². The zero-order valence-corrected chi connectivity index (χ0v) is 11.8. The second-order valence-electron chi connectivity index (χ2n) is 4.49. The van der Waals surface area contributed by atoms with Crippen LogP contribution in [0, 0.1) is 11.6 Å². The summed E-state index contributed by atoms with van der Waals surface area (Å²) in [5.41, 5.74) is -0.828. The van der Waals surface area contributed by atoms with Gasteiger partial charge in [0.15, 0.2) is 11.6 Å². The first-order chi connectivity index (χ1) is 8.13. The molecular formula is C11H14ClF2NO2S. The third-order valence-corrected chi connectivity index (χ3v) is 5.45. The van der Waals surface area contributed by atoms with Crippen LogP contribution in [0.15, 0.2) is 23.1 Å². The highest BCUT2D eigenvalue weighted by Crippen LogP contribution is 2.24. The average molecular weight is 298 g/mol. The minimum atomic E-state index is -3.91. The Kier molecular flexibility index (Phi) is 4.35. The lowest BCUT2D eigenvalue weighted by Gasteiger charge is -2.32. The van der Waals surface area contributed by atoms with Crippen LogP contribution in [0.4, 0.5) is 8.78 Å².